The first-order valence-corrected chi connectivity index (χ1v) is 7.36. The van der Waals surface area contributed by atoms with E-state index in [2.05, 4.69) is 43.5 Å². The zero-order valence-corrected chi connectivity index (χ0v) is 13.1. The van der Waals surface area contributed by atoms with Gasteiger partial charge in [-0.05, 0) is 29.8 Å². The summed E-state index contributed by atoms with van der Waals surface area (Å²) in [6.45, 7) is 0.549. The molecule has 1 aromatic carbocycles. The Morgan fingerprint density at radius 1 is 1.33 bits per heavy atom. The third kappa shape index (κ3) is 3.06. The molecule has 2 heterocycles. The maximum atomic E-state index is 5.34. The summed E-state index contributed by atoms with van der Waals surface area (Å²) in [7, 11) is 1.69. The molecular weight excluding hydrogens is 332 g/mol. The number of benzene rings is 1. The van der Waals surface area contributed by atoms with Crippen molar-refractivity contribution in [3.63, 3.8) is 0 Å². The molecule has 3 aromatic rings. The highest BCUT2D eigenvalue weighted by Gasteiger charge is 2.14. The molecule has 5 nitrogen and oxygen atoms in total. The average molecular weight is 347 g/mol. The minimum Gasteiger partial charge on any atom is -0.382 e. The number of rotatable bonds is 5. The third-order valence-electron chi connectivity index (χ3n) is 3.23. The number of hydrogen-bond acceptors (Lipinski definition) is 4. The van der Waals surface area contributed by atoms with E-state index >= 15 is 0 Å². The fourth-order valence-electron chi connectivity index (χ4n) is 2.25. The first-order chi connectivity index (χ1) is 10.3. The molecule has 1 atom stereocenters. The first kappa shape index (κ1) is 14.0. The molecule has 2 aromatic heterocycles. The zero-order valence-electron chi connectivity index (χ0n) is 11.5. The molecule has 0 radical (unpaired) electrons. The number of ether oxygens (including phenoxy) is 1. The number of anilines is 1. The molecule has 0 bridgehead atoms. The Labute approximate surface area is 131 Å². The maximum absolute atomic E-state index is 5.34. The summed E-state index contributed by atoms with van der Waals surface area (Å²) in [5.41, 5.74) is 2.07. The van der Waals surface area contributed by atoms with Gasteiger partial charge in [0.25, 0.3) is 0 Å². The number of halogens is 1. The molecule has 0 aliphatic rings. The van der Waals surface area contributed by atoms with Gasteiger partial charge in [-0.3, -0.25) is 0 Å². The lowest BCUT2D eigenvalue weighted by molar-refractivity contribution is 0.186. The quantitative estimate of drug-likeness (QED) is 0.770. The van der Waals surface area contributed by atoms with Crippen molar-refractivity contribution in [2.75, 3.05) is 19.0 Å². The van der Waals surface area contributed by atoms with E-state index in [1.807, 2.05) is 30.5 Å². The molecule has 1 N–H and O–H groups in total. The summed E-state index contributed by atoms with van der Waals surface area (Å²) >= 11 is 3.50. The van der Waals surface area contributed by atoms with E-state index in [9.17, 15) is 0 Å². The SMILES string of the molecule is COCC(Nc1ncnn2cccc12)c1cccc(Br)c1. The van der Waals surface area contributed by atoms with Crippen molar-refractivity contribution < 1.29 is 4.74 Å². The van der Waals surface area contributed by atoms with Gasteiger partial charge in [0.2, 0.25) is 0 Å². The van der Waals surface area contributed by atoms with E-state index in [1.165, 1.54) is 0 Å². The van der Waals surface area contributed by atoms with Crippen molar-refractivity contribution in [2.45, 2.75) is 6.04 Å². The molecule has 3 rings (SSSR count). The average Bonchev–Trinajstić information content (AvgIpc) is 2.96. The Balaban J connectivity index is 1.93. The summed E-state index contributed by atoms with van der Waals surface area (Å²) in [6.07, 6.45) is 3.44. The van der Waals surface area contributed by atoms with Gasteiger partial charge in [0.05, 0.1) is 12.6 Å². The smallest absolute Gasteiger partial charge is 0.154 e. The predicted octanol–water partition coefficient (Wildman–Crippen LogP) is 3.29. The number of methoxy groups -OCH3 is 1. The summed E-state index contributed by atoms with van der Waals surface area (Å²) in [5, 5.41) is 7.60. The van der Waals surface area contributed by atoms with Crippen LogP contribution in [0.2, 0.25) is 0 Å². The van der Waals surface area contributed by atoms with Crippen molar-refractivity contribution in [3.05, 3.63) is 59.0 Å². The van der Waals surface area contributed by atoms with Gasteiger partial charge >= 0.3 is 0 Å². The van der Waals surface area contributed by atoms with Gasteiger partial charge < -0.3 is 10.1 Å². The second kappa shape index (κ2) is 6.24. The number of fused-ring (bicyclic) bond motifs is 1. The molecular formula is C15H15BrN4O. The molecule has 0 fully saturated rings. The van der Waals surface area contributed by atoms with Gasteiger partial charge in [0.1, 0.15) is 11.8 Å². The van der Waals surface area contributed by atoms with Gasteiger partial charge in [-0.1, -0.05) is 28.1 Å². The summed E-state index contributed by atoms with van der Waals surface area (Å²) < 4.78 is 8.17. The Hall–Kier alpha value is -1.92. The number of nitrogens with zero attached hydrogens (tertiary/aromatic N) is 3. The number of aromatic nitrogens is 3. The van der Waals surface area contributed by atoms with Gasteiger partial charge in [0, 0.05) is 17.8 Å². The predicted molar refractivity (Wildman–Crippen MR) is 85.4 cm³/mol. The lowest BCUT2D eigenvalue weighted by Gasteiger charge is -2.19. The Bertz CT molecular complexity index is 743. The van der Waals surface area contributed by atoms with Crippen LogP contribution in [0.5, 0.6) is 0 Å². The third-order valence-corrected chi connectivity index (χ3v) is 3.72. The van der Waals surface area contributed by atoms with E-state index in [1.54, 1.807) is 18.0 Å². The minimum atomic E-state index is 0.0149. The molecule has 0 aliphatic carbocycles. The highest BCUT2D eigenvalue weighted by atomic mass is 79.9. The number of hydrogen-bond donors (Lipinski definition) is 1. The van der Waals surface area contributed by atoms with E-state index < -0.39 is 0 Å². The molecule has 21 heavy (non-hydrogen) atoms. The van der Waals surface area contributed by atoms with Crippen molar-refractivity contribution in [1.29, 1.82) is 0 Å². The van der Waals surface area contributed by atoms with Crippen molar-refractivity contribution in [3.8, 4) is 0 Å². The van der Waals surface area contributed by atoms with E-state index in [4.69, 9.17) is 4.74 Å². The van der Waals surface area contributed by atoms with Crippen LogP contribution in [0.3, 0.4) is 0 Å². The lowest BCUT2D eigenvalue weighted by Crippen LogP contribution is -2.17. The van der Waals surface area contributed by atoms with Crippen LogP contribution in [0, 0.1) is 0 Å². The summed E-state index contributed by atoms with van der Waals surface area (Å²) in [6, 6.07) is 12.1. The molecule has 0 amide bonds. The normalized spacial score (nSPS) is 12.5. The standard InChI is InChI=1S/C15H15BrN4O/c1-21-9-13(11-4-2-5-12(16)8-11)19-15-14-6-3-7-20(14)18-10-17-15/h2-8,10,13H,9H2,1H3,(H,17,18,19). The van der Waals surface area contributed by atoms with Gasteiger partial charge in [-0.2, -0.15) is 5.10 Å². The van der Waals surface area contributed by atoms with E-state index in [-0.39, 0.29) is 6.04 Å². The lowest BCUT2D eigenvalue weighted by atomic mass is 10.1. The second-order valence-electron chi connectivity index (χ2n) is 4.65. The molecule has 0 saturated carbocycles. The first-order valence-electron chi connectivity index (χ1n) is 6.57. The van der Waals surface area contributed by atoms with E-state index in [0.29, 0.717) is 6.61 Å². The van der Waals surface area contributed by atoms with Gasteiger partial charge in [-0.15, -0.1) is 0 Å². The monoisotopic (exact) mass is 346 g/mol. The van der Waals surface area contributed by atoms with Gasteiger partial charge in [-0.25, -0.2) is 9.50 Å². The largest absolute Gasteiger partial charge is 0.382 e. The highest BCUT2D eigenvalue weighted by molar-refractivity contribution is 9.10. The number of nitrogens with one attached hydrogen (secondary N) is 1. The maximum Gasteiger partial charge on any atom is 0.154 e. The molecule has 0 saturated heterocycles. The van der Waals surface area contributed by atoms with Crippen LogP contribution in [0.1, 0.15) is 11.6 Å². The van der Waals surface area contributed by atoms with Crippen LogP contribution in [0.15, 0.2) is 53.4 Å². The van der Waals surface area contributed by atoms with Crippen LogP contribution in [-0.2, 0) is 4.74 Å². The van der Waals surface area contributed by atoms with Gasteiger partial charge in [0.15, 0.2) is 5.82 Å². The summed E-state index contributed by atoms with van der Waals surface area (Å²) in [4.78, 5) is 4.34. The van der Waals surface area contributed by atoms with Crippen LogP contribution < -0.4 is 5.32 Å². The molecule has 1 unspecified atom stereocenters. The Morgan fingerprint density at radius 2 is 2.24 bits per heavy atom. The van der Waals surface area contributed by atoms with Crippen LogP contribution in [0.4, 0.5) is 5.82 Å². The van der Waals surface area contributed by atoms with Crippen molar-refractivity contribution in [2.24, 2.45) is 0 Å². The highest BCUT2D eigenvalue weighted by Crippen LogP contribution is 2.24. The van der Waals surface area contributed by atoms with Crippen LogP contribution in [0.25, 0.3) is 5.52 Å². The molecule has 0 spiro atoms. The zero-order chi connectivity index (χ0) is 14.7. The van der Waals surface area contributed by atoms with Crippen molar-refractivity contribution in [1.82, 2.24) is 14.6 Å². The topological polar surface area (TPSA) is 51.5 Å². The minimum absolute atomic E-state index is 0.0149. The fraction of sp³-hybridized carbons (Fsp3) is 0.200. The Kier molecular flexibility index (Phi) is 4.17. The summed E-state index contributed by atoms with van der Waals surface area (Å²) in [5.74, 6) is 0.789. The van der Waals surface area contributed by atoms with Crippen LogP contribution >= 0.6 is 15.9 Å². The molecule has 6 heteroatoms. The second-order valence-corrected chi connectivity index (χ2v) is 5.57. The van der Waals surface area contributed by atoms with Crippen molar-refractivity contribution >= 4 is 27.3 Å². The Morgan fingerprint density at radius 3 is 3.05 bits per heavy atom. The molecule has 0 aliphatic heterocycles. The fourth-order valence-corrected chi connectivity index (χ4v) is 2.67. The molecule has 108 valence electrons. The van der Waals surface area contributed by atoms with Crippen LogP contribution in [-0.4, -0.2) is 28.3 Å². The van der Waals surface area contributed by atoms with E-state index in [0.717, 1.165) is 21.4 Å².